The molecule has 3 aromatic rings. The summed E-state index contributed by atoms with van der Waals surface area (Å²) in [5, 5.41) is 30.6. The number of halogens is 1. The number of aliphatic hydroxyl groups is 1. The standard InChI is InChI=1S/C23H24BrN5O4/c1-16-13-18(24)5-8-20(16)28-15-21(25-26-28)23(31)9-2-11-27(12-10-23)22(30)14-17-3-6-19(7-4-17)29(32)33/h3-8,13,15,31H,2,9-12,14H2,1H3. The van der Waals surface area contributed by atoms with Gasteiger partial charge < -0.3 is 10.0 Å². The van der Waals surface area contributed by atoms with Gasteiger partial charge in [0.2, 0.25) is 5.91 Å². The summed E-state index contributed by atoms with van der Waals surface area (Å²) in [6, 6.07) is 11.9. The molecule has 0 spiro atoms. The molecule has 9 nitrogen and oxygen atoms in total. The lowest BCUT2D eigenvalue weighted by atomic mass is 9.92. The van der Waals surface area contributed by atoms with E-state index in [1.165, 1.54) is 12.1 Å². The van der Waals surface area contributed by atoms with E-state index in [4.69, 9.17) is 0 Å². The van der Waals surface area contributed by atoms with Crippen molar-refractivity contribution in [3.63, 3.8) is 0 Å². The van der Waals surface area contributed by atoms with Crippen LogP contribution in [0.15, 0.2) is 53.1 Å². The Labute approximate surface area is 199 Å². The van der Waals surface area contributed by atoms with Crippen LogP contribution in [0, 0.1) is 17.0 Å². The van der Waals surface area contributed by atoms with Gasteiger partial charge in [0.05, 0.1) is 23.2 Å². The molecule has 172 valence electrons. The van der Waals surface area contributed by atoms with E-state index in [1.54, 1.807) is 27.9 Å². The zero-order valence-electron chi connectivity index (χ0n) is 18.1. The molecule has 10 heteroatoms. The Balaban J connectivity index is 1.43. The lowest BCUT2D eigenvalue weighted by molar-refractivity contribution is -0.384. The fourth-order valence-corrected chi connectivity index (χ4v) is 4.59. The quantitative estimate of drug-likeness (QED) is 0.411. The first-order valence-electron chi connectivity index (χ1n) is 10.7. The van der Waals surface area contributed by atoms with E-state index in [-0.39, 0.29) is 18.0 Å². The number of nitrogens with zero attached hydrogens (tertiary/aromatic N) is 5. The van der Waals surface area contributed by atoms with Crippen LogP contribution in [-0.4, -0.2) is 48.9 Å². The zero-order valence-corrected chi connectivity index (χ0v) is 19.7. The Morgan fingerprint density at radius 1 is 1.21 bits per heavy atom. The highest BCUT2D eigenvalue weighted by atomic mass is 79.9. The smallest absolute Gasteiger partial charge is 0.269 e. The number of carbonyl (C=O) groups is 1. The lowest BCUT2D eigenvalue weighted by Gasteiger charge is -2.24. The van der Waals surface area contributed by atoms with E-state index in [0.717, 1.165) is 21.3 Å². The third kappa shape index (κ3) is 5.12. The molecule has 0 radical (unpaired) electrons. The number of amides is 1. The molecular formula is C23H24BrN5O4. The van der Waals surface area contributed by atoms with Gasteiger partial charge in [-0.2, -0.15) is 0 Å². The van der Waals surface area contributed by atoms with Crippen molar-refractivity contribution in [3.05, 3.63) is 80.1 Å². The molecule has 1 aromatic heterocycles. The molecule has 0 saturated carbocycles. The molecule has 1 aliphatic heterocycles. The first kappa shape index (κ1) is 23.1. The molecule has 2 heterocycles. The van der Waals surface area contributed by atoms with Crippen LogP contribution in [0.3, 0.4) is 0 Å². The summed E-state index contributed by atoms with van der Waals surface area (Å²) in [6.45, 7) is 2.91. The van der Waals surface area contributed by atoms with Crippen LogP contribution in [0.4, 0.5) is 5.69 Å². The van der Waals surface area contributed by atoms with Gasteiger partial charge in [-0.1, -0.05) is 33.3 Å². The molecule has 2 aromatic carbocycles. The van der Waals surface area contributed by atoms with Crippen molar-refractivity contribution in [1.29, 1.82) is 0 Å². The summed E-state index contributed by atoms with van der Waals surface area (Å²) < 4.78 is 2.64. The maximum Gasteiger partial charge on any atom is 0.269 e. The van der Waals surface area contributed by atoms with Crippen molar-refractivity contribution in [3.8, 4) is 5.69 Å². The number of non-ortho nitro benzene ring substituents is 1. The predicted octanol–water partition coefficient (Wildman–Crippen LogP) is 3.69. The number of benzene rings is 2. The summed E-state index contributed by atoms with van der Waals surface area (Å²) in [4.78, 5) is 24.9. The van der Waals surface area contributed by atoms with Crippen LogP contribution in [0.2, 0.25) is 0 Å². The van der Waals surface area contributed by atoms with Crippen molar-refractivity contribution in [1.82, 2.24) is 19.9 Å². The second-order valence-corrected chi connectivity index (χ2v) is 9.26. The van der Waals surface area contributed by atoms with Gasteiger partial charge in [0, 0.05) is 29.7 Å². The molecule has 33 heavy (non-hydrogen) atoms. The Morgan fingerprint density at radius 3 is 2.67 bits per heavy atom. The SMILES string of the molecule is Cc1cc(Br)ccc1-n1cc(C2(O)CCCN(C(=O)Cc3ccc([N+](=O)[O-])cc3)CC2)nn1. The molecule has 4 rings (SSSR count). The molecule has 1 N–H and O–H groups in total. The first-order valence-corrected chi connectivity index (χ1v) is 11.5. The Hall–Kier alpha value is -3.11. The van der Waals surface area contributed by atoms with E-state index in [1.807, 2.05) is 25.1 Å². The number of rotatable bonds is 5. The van der Waals surface area contributed by atoms with Crippen LogP contribution < -0.4 is 0 Å². The summed E-state index contributed by atoms with van der Waals surface area (Å²) in [7, 11) is 0. The maximum absolute atomic E-state index is 12.8. The number of nitro benzene ring substituents is 1. The van der Waals surface area contributed by atoms with Crippen LogP contribution >= 0.6 is 15.9 Å². The van der Waals surface area contributed by atoms with E-state index >= 15 is 0 Å². The second-order valence-electron chi connectivity index (χ2n) is 8.35. The Bertz CT molecular complexity index is 1180. The van der Waals surface area contributed by atoms with Gasteiger partial charge in [-0.25, -0.2) is 4.68 Å². The third-order valence-corrected chi connectivity index (χ3v) is 6.54. The highest BCUT2D eigenvalue weighted by Crippen LogP contribution is 2.32. The van der Waals surface area contributed by atoms with Crippen molar-refractivity contribution >= 4 is 27.5 Å². The minimum Gasteiger partial charge on any atom is -0.383 e. The molecule has 1 atom stereocenters. The van der Waals surface area contributed by atoms with Crippen LogP contribution in [0.25, 0.3) is 5.69 Å². The van der Waals surface area contributed by atoms with Crippen molar-refractivity contribution in [2.24, 2.45) is 0 Å². The monoisotopic (exact) mass is 513 g/mol. The van der Waals surface area contributed by atoms with Crippen LogP contribution in [0.1, 0.15) is 36.1 Å². The Morgan fingerprint density at radius 2 is 1.97 bits per heavy atom. The van der Waals surface area contributed by atoms with Gasteiger partial charge >= 0.3 is 0 Å². The van der Waals surface area contributed by atoms with Gasteiger partial charge in [-0.15, -0.1) is 5.10 Å². The fourth-order valence-electron chi connectivity index (χ4n) is 4.12. The molecule has 0 bridgehead atoms. The number of carbonyl (C=O) groups excluding carboxylic acids is 1. The topological polar surface area (TPSA) is 114 Å². The van der Waals surface area contributed by atoms with E-state index in [9.17, 15) is 20.0 Å². The Kier molecular flexibility index (Phi) is 6.57. The fraction of sp³-hybridized carbons (Fsp3) is 0.348. The number of aromatic nitrogens is 3. The maximum atomic E-state index is 12.8. The molecule has 1 amide bonds. The van der Waals surface area contributed by atoms with E-state index in [2.05, 4.69) is 26.2 Å². The molecule has 0 aliphatic carbocycles. The number of aryl methyl sites for hydroxylation is 1. The highest BCUT2D eigenvalue weighted by Gasteiger charge is 2.36. The van der Waals surface area contributed by atoms with Gasteiger partial charge in [-0.3, -0.25) is 14.9 Å². The van der Waals surface area contributed by atoms with Crippen molar-refractivity contribution in [2.75, 3.05) is 13.1 Å². The molecule has 1 fully saturated rings. The molecule has 1 saturated heterocycles. The molecule has 1 aliphatic rings. The summed E-state index contributed by atoms with van der Waals surface area (Å²) in [5.74, 6) is -0.0674. The van der Waals surface area contributed by atoms with Crippen LogP contribution in [-0.2, 0) is 16.8 Å². The molecular weight excluding hydrogens is 490 g/mol. The number of nitro groups is 1. The first-order chi connectivity index (χ1) is 15.7. The van der Waals surface area contributed by atoms with Crippen LogP contribution in [0.5, 0.6) is 0 Å². The third-order valence-electron chi connectivity index (χ3n) is 6.04. The minimum absolute atomic E-state index is 0.00240. The van der Waals surface area contributed by atoms with Gasteiger partial charge in [0.25, 0.3) is 5.69 Å². The van der Waals surface area contributed by atoms with E-state index in [0.29, 0.717) is 38.0 Å². The summed E-state index contributed by atoms with van der Waals surface area (Å²) >= 11 is 3.46. The van der Waals surface area contributed by atoms with Gasteiger partial charge in [0.1, 0.15) is 11.3 Å². The number of likely N-dealkylation sites (tertiary alicyclic amines) is 1. The average molecular weight is 514 g/mol. The molecule has 1 unspecified atom stereocenters. The summed E-state index contributed by atoms with van der Waals surface area (Å²) in [6.07, 6.45) is 3.38. The predicted molar refractivity (Wildman–Crippen MR) is 125 cm³/mol. The van der Waals surface area contributed by atoms with Gasteiger partial charge in [-0.05, 0) is 55.5 Å². The normalized spacial score (nSPS) is 18.7. The average Bonchev–Trinajstić information content (AvgIpc) is 3.18. The van der Waals surface area contributed by atoms with E-state index < -0.39 is 10.5 Å². The minimum atomic E-state index is -1.16. The summed E-state index contributed by atoms with van der Waals surface area (Å²) in [5.41, 5.74) is 1.96. The highest BCUT2D eigenvalue weighted by molar-refractivity contribution is 9.10. The second kappa shape index (κ2) is 9.40. The largest absolute Gasteiger partial charge is 0.383 e. The number of hydrogen-bond acceptors (Lipinski definition) is 6. The van der Waals surface area contributed by atoms with Gasteiger partial charge in [0.15, 0.2) is 0 Å². The van der Waals surface area contributed by atoms with Crippen molar-refractivity contribution in [2.45, 2.75) is 38.2 Å². The number of hydrogen-bond donors (Lipinski definition) is 1. The van der Waals surface area contributed by atoms with Crippen molar-refractivity contribution < 1.29 is 14.8 Å². The lowest BCUT2D eigenvalue weighted by Crippen LogP contribution is -2.34. The zero-order chi connectivity index (χ0) is 23.6.